The van der Waals surface area contributed by atoms with Gasteiger partial charge in [-0.25, -0.2) is 4.98 Å². The van der Waals surface area contributed by atoms with Crippen molar-refractivity contribution in [2.24, 2.45) is 0 Å². The number of rotatable bonds is 3. The molecule has 25 heavy (non-hydrogen) atoms. The van der Waals surface area contributed by atoms with Gasteiger partial charge >= 0.3 is 0 Å². The maximum atomic E-state index is 12.0. The van der Waals surface area contributed by atoms with Gasteiger partial charge in [-0.15, -0.1) is 0 Å². The second-order valence-corrected chi connectivity index (χ2v) is 6.90. The fourth-order valence-electron chi connectivity index (χ4n) is 3.80. The number of benzene rings is 2. The highest BCUT2D eigenvalue weighted by atomic mass is 16.2. The zero-order chi connectivity index (χ0) is 17.4. The first-order chi connectivity index (χ1) is 12.1. The second-order valence-electron chi connectivity index (χ2n) is 6.90. The molecule has 0 bridgehead atoms. The molecule has 1 atom stereocenters. The number of para-hydroxylation sites is 2. The minimum Gasteiger partial charge on any atom is -0.333 e. The van der Waals surface area contributed by atoms with E-state index < -0.39 is 0 Å². The summed E-state index contributed by atoms with van der Waals surface area (Å²) in [5.74, 6) is 1.14. The number of hydrogen-bond donors (Lipinski definition) is 0. The van der Waals surface area contributed by atoms with Crippen LogP contribution in [-0.2, 0) is 11.3 Å². The smallest absolute Gasteiger partial charge is 0.220 e. The normalized spacial score (nSPS) is 17.4. The van der Waals surface area contributed by atoms with E-state index in [0.717, 1.165) is 42.8 Å². The molecule has 4 heteroatoms. The molecule has 4 rings (SSSR count). The van der Waals surface area contributed by atoms with Crippen LogP contribution >= 0.6 is 0 Å². The standard InChI is InChI=1S/C21H23N3O/c1-15-9-11-17(12-10-15)14-24-19-7-4-3-6-18(19)22-21(24)20-8-5-13-23(20)16(2)25/h3-4,6-7,9-12,20H,5,8,13-14H2,1-2H3/t20-/m0/s1. The van der Waals surface area contributed by atoms with Crippen molar-refractivity contribution >= 4 is 16.9 Å². The first-order valence-electron chi connectivity index (χ1n) is 8.91. The maximum absolute atomic E-state index is 12.0. The number of hydrogen-bond acceptors (Lipinski definition) is 2. The van der Waals surface area contributed by atoms with Gasteiger partial charge in [0.1, 0.15) is 5.82 Å². The van der Waals surface area contributed by atoms with Gasteiger partial charge in [-0.2, -0.15) is 0 Å². The summed E-state index contributed by atoms with van der Waals surface area (Å²) < 4.78 is 2.28. The van der Waals surface area contributed by atoms with Crippen molar-refractivity contribution in [2.45, 2.75) is 39.3 Å². The van der Waals surface area contributed by atoms with E-state index in [1.807, 2.05) is 11.0 Å². The van der Waals surface area contributed by atoms with Crippen LogP contribution in [0.4, 0.5) is 0 Å². The molecule has 2 heterocycles. The highest BCUT2D eigenvalue weighted by molar-refractivity contribution is 5.77. The minimum absolute atomic E-state index is 0.0790. The number of aryl methyl sites for hydroxylation is 1. The zero-order valence-electron chi connectivity index (χ0n) is 14.8. The SMILES string of the molecule is CC(=O)N1CCC[C@H]1c1nc2ccccc2n1Cc1ccc(C)cc1. The summed E-state index contributed by atoms with van der Waals surface area (Å²) in [4.78, 5) is 18.9. The minimum atomic E-state index is 0.0790. The van der Waals surface area contributed by atoms with E-state index >= 15 is 0 Å². The van der Waals surface area contributed by atoms with Crippen LogP contribution in [0, 0.1) is 6.92 Å². The third kappa shape index (κ3) is 2.93. The molecule has 1 aliphatic heterocycles. The van der Waals surface area contributed by atoms with Gasteiger partial charge in [0.25, 0.3) is 0 Å². The Balaban J connectivity index is 1.80. The molecule has 1 fully saturated rings. The van der Waals surface area contributed by atoms with Gasteiger partial charge < -0.3 is 9.47 Å². The van der Waals surface area contributed by atoms with Gasteiger partial charge in [-0.1, -0.05) is 42.0 Å². The average molecular weight is 333 g/mol. The van der Waals surface area contributed by atoms with E-state index in [-0.39, 0.29) is 11.9 Å². The Kier molecular flexibility index (Phi) is 4.04. The molecule has 0 aliphatic carbocycles. The van der Waals surface area contributed by atoms with Crippen molar-refractivity contribution in [3.05, 3.63) is 65.5 Å². The Morgan fingerprint density at radius 1 is 1.16 bits per heavy atom. The molecule has 1 saturated heterocycles. The molecule has 128 valence electrons. The topological polar surface area (TPSA) is 38.1 Å². The highest BCUT2D eigenvalue weighted by Crippen LogP contribution is 2.33. The van der Waals surface area contributed by atoms with Crippen molar-refractivity contribution in [3.63, 3.8) is 0 Å². The molecule has 3 aromatic rings. The Bertz CT molecular complexity index is 911. The van der Waals surface area contributed by atoms with Gasteiger partial charge in [-0.05, 0) is 37.5 Å². The van der Waals surface area contributed by atoms with Crippen LogP contribution < -0.4 is 0 Å². The first-order valence-corrected chi connectivity index (χ1v) is 8.91. The van der Waals surface area contributed by atoms with Crippen molar-refractivity contribution in [2.75, 3.05) is 6.54 Å². The van der Waals surface area contributed by atoms with Crippen LogP contribution in [0.25, 0.3) is 11.0 Å². The van der Waals surface area contributed by atoms with Gasteiger partial charge in [-0.3, -0.25) is 4.79 Å². The lowest BCUT2D eigenvalue weighted by Gasteiger charge is -2.24. The number of imidazole rings is 1. The Morgan fingerprint density at radius 2 is 1.92 bits per heavy atom. The number of fused-ring (bicyclic) bond motifs is 1. The van der Waals surface area contributed by atoms with E-state index in [4.69, 9.17) is 4.98 Å². The Morgan fingerprint density at radius 3 is 2.68 bits per heavy atom. The van der Waals surface area contributed by atoms with Crippen molar-refractivity contribution < 1.29 is 4.79 Å². The van der Waals surface area contributed by atoms with E-state index in [1.165, 1.54) is 11.1 Å². The van der Waals surface area contributed by atoms with E-state index in [0.29, 0.717) is 0 Å². The lowest BCUT2D eigenvalue weighted by molar-refractivity contribution is -0.129. The van der Waals surface area contributed by atoms with Crippen molar-refractivity contribution in [3.8, 4) is 0 Å². The Labute approximate surface area is 148 Å². The maximum Gasteiger partial charge on any atom is 0.220 e. The molecule has 0 radical (unpaired) electrons. The zero-order valence-corrected chi connectivity index (χ0v) is 14.8. The van der Waals surface area contributed by atoms with E-state index in [1.54, 1.807) is 6.92 Å². The highest BCUT2D eigenvalue weighted by Gasteiger charge is 2.32. The molecule has 1 aromatic heterocycles. The average Bonchev–Trinajstić information content (AvgIpc) is 3.22. The molecular formula is C21H23N3O. The lowest BCUT2D eigenvalue weighted by atomic mass is 10.1. The summed E-state index contributed by atoms with van der Waals surface area (Å²) in [6.07, 6.45) is 2.02. The van der Waals surface area contributed by atoms with Crippen LogP contribution in [0.1, 0.15) is 42.8 Å². The molecular weight excluding hydrogens is 310 g/mol. The molecule has 0 saturated carbocycles. The predicted molar refractivity (Wildman–Crippen MR) is 99.4 cm³/mol. The van der Waals surface area contributed by atoms with E-state index in [9.17, 15) is 4.79 Å². The van der Waals surface area contributed by atoms with Gasteiger partial charge in [0.05, 0.1) is 17.1 Å². The van der Waals surface area contributed by atoms with Crippen LogP contribution in [0.2, 0.25) is 0 Å². The van der Waals surface area contributed by atoms with Crippen LogP contribution in [-0.4, -0.2) is 26.9 Å². The molecule has 0 spiro atoms. The lowest BCUT2D eigenvalue weighted by Crippen LogP contribution is -2.30. The number of carbonyl (C=O) groups is 1. The van der Waals surface area contributed by atoms with E-state index in [2.05, 4.69) is 54.0 Å². The number of amides is 1. The van der Waals surface area contributed by atoms with Crippen molar-refractivity contribution in [1.82, 2.24) is 14.5 Å². The largest absolute Gasteiger partial charge is 0.333 e. The molecule has 1 amide bonds. The molecule has 1 aliphatic rings. The summed E-state index contributed by atoms with van der Waals surface area (Å²) in [7, 11) is 0. The number of aromatic nitrogens is 2. The first kappa shape index (κ1) is 15.9. The van der Waals surface area contributed by atoms with Gasteiger partial charge in [0.15, 0.2) is 0 Å². The van der Waals surface area contributed by atoms with Crippen LogP contribution in [0.3, 0.4) is 0 Å². The van der Waals surface area contributed by atoms with Crippen LogP contribution in [0.5, 0.6) is 0 Å². The quantitative estimate of drug-likeness (QED) is 0.724. The number of nitrogens with zero attached hydrogens (tertiary/aromatic N) is 3. The van der Waals surface area contributed by atoms with Gasteiger partial charge in [0.2, 0.25) is 5.91 Å². The number of likely N-dealkylation sites (tertiary alicyclic amines) is 1. The molecule has 0 N–H and O–H groups in total. The third-order valence-corrected chi connectivity index (χ3v) is 5.10. The van der Waals surface area contributed by atoms with Crippen molar-refractivity contribution in [1.29, 1.82) is 0 Å². The fraction of sp³-hybridized carbons (Fsp3) is 0.333. The van der Waals surface area contributed by atoms with Gasteiger partial charge in [0, 0.05) is 20.0 Å². The summed E-state index contributed by atoms with van der Waals surface area (Å²) in [6.45, 7) is 5.36. The predicted octanol–water partition coefficient (Wildman–Crippen LogP) is 4.08. The fourth-order valence-corrected chi connectivity index (χ4v) is 3.80. The third-order valence-electron chi connectivity index (χ3n) is 5.10. The molecule has 0 unspecified atom stereocenters. The molecule has 2 aromatic carbocycles. The Hall–Kier alpha value is -2.62. The van der Waals surface area contributed by atoms with Crippen LogP contribution in [0.15, 0.2) is 48.5 Å². The summed E-state index contributed by atoms with van der Waals surface area (Å²) in [5, 5.41) is 0. The summed E-state index contributed by atoms with van der Waals surface area (Å²) >= 11 is 0. The second kappa shape index (κ2) is 6.36. The number of carbonyl (C=O) groups excluding carboxylic acids is 1. The monoisotopic (exact) mass is 333 g/mol. The summed E-state index contributed by atoms with van der Waals surface area (Å²) in [6, 6.07) is 17.0. The summed E-state index contributed by atoms with van der Waals surface area (Å²) in [5.41, 5.74) is 4.65. The molecule has 4 nitrogen and oxygen atoms in total.